The SMILES string of the molecule is Cc1ccc(C)c(SCC(=O)OCC(=O)Nc2cccc(S(N)(=O)=O)c2)c1. The fourth-order valence-electron chi connectivity index (χ4n) is 2.14. The first-order valence-electron chi connectivity index (χ1n) is 7.93. The van der Waals surface area contributed by atoms with Gasteiger partial charge in [-0.2, -0.15) is 0 Å². The van der Waals surface area contributed by atoms with Crippen molar-refractivity contribution in [3.63, 3.8) is 0 Å². The topological polar surface area (TPSA) is 116 Å². The summed E-state index contributed by atoms with van der Waals surface area (Å²) in [5, 5.41) is 7.50. The van der Waals surface area contributed by atoms with Crippen LogP contribution in [0.15, 0.2) is 52.3 Å². The Morgan fingerprint density at radius 2 is 1.89 bits per heavy atom. The third-order valence-corrected chi connectivity index (χ3v) is 5.54. The lowest BCUT2D eigenvalue weighted by atomic mass is 10.2. The number of benzene rings is 2. The first-order chi connectivity index (χ1) is 12.6. The van der Waals surface area contributed by atoms with Crippen molar-refractivity contribution >= 4 is 39.3 Å². The van der Waals surface area contributed by atoms with Gasteiger partial charge in [0.15, 0.2) is 6.61 Å². The summed E-state index contributed by atoms with van der Waals surface area (Å²) in [6.07, 6.45) is 0. The van der Waals surface area contributed by atoms with Gasteiger partial charge in [0.1, 0.15) is 0 Å². The first-order valence-corrected chi connectivity index (χ1v) is 10.5. The van der Waals surface area contributed by atoms with Crippen molar-refractivity contribution in [3.05, 3.63) is 53.6 Å². The lowest BCUT2D eigenvalue weighted by molar-refractivity contribution is -0.144. The molecule has 0 saturated heterocycles. The second kappa shape index (κ2) is 9.03. The number of esters is 1. The highest BCUT2D eigenvalue weighted by atomic mass is 32.2. The molecule has 0 fully saturated rings. The van der Waals surface area contributed by atoms with Gasteiger partial charge in [-0.15, -0.1) is 11.8 Å². The van der Waals surface area contributed by atoms with E-state index in [0.29, 0.717) is 0 Å². The van der Waals surface area contributed by atoms with Gasteiger partial charge in [-0.25, -0.2) is 13.6 Å². The molecule has 27 heavy (non-hydrogen) atoms. The van der Waals surface area contributed by atoms with Gasteiger partial charge in [0.25, 0.3) is 5.91 Å². The Morgan fingerprint density at radius 1 is 1.15 bits per heavy atom. The highest BCUT2D eigenvalue weighted by Crippen LogP contribution is 2.23. The summed E-state index contributed by atoms with van der Waals surface area (Å²) >= 11 is 1.34. The van der Waals surface area contributed by atoms with E-state index >= 15 is 0 Å². The second-order valence-corrected chi connectivity index (χ2v) is 8.42. The van der Waals surface area contributed by atoms with E-state index in [1.165, 1.54) is 36.0 Å². The highest BCUT2D eigenvalue weighted by molar-refractivity contribution is 8.00. The number of nitrogens with one attached hydrogen (secondary N) is 1. The Bertz CT molecular complexity index is 958. The van der Waals surface area contributed by atoms with Crippen molar-refractivity contribution in [3.8, 4) is 0 Å². The average Bonchev–Trinajstić information content (AvgIpc) is 2.60. The maximum atomic E-state index is 11.9. The molecule has 144 valence electrons. The van der Waals surface area contributed by atoms with Crippen LogP contribution in [0.4, 0.5) is 5.69 Å². The van der Waals surface area contributed by atoms with Crippen molar-refractivity contribution in [1.29, 1.82) is 0 Å². The zero-order chi connectivity index (χ0) is 20.0. The second-order valence-electron chi connectivity index (χ2n) is 5.84. The maximum absolute atomic E-state index is 11.9. The molecule has 2 rings (SSSR count). The van der Waals surface area contributed by atoms with Crippen molar-refractivity contribution in [2.45, 2.75) is 23.6 Å². The minimum absolute atomic E-state index is 0.0818. The lowest BCUT2D eigenvalue weighted by Crippen LogP contribution is -2.22. The molecule has 0 aliphatic carbocycles. The maximum Gasteiger partial charge on any atom is 0.316 e. The molecule has 0 aliphatic rings. The van der Waals surface area contributed by atoms with Crippen LogP contribution in [0.5, 0.6) is 0 Å². The molecular formula is C18H20N2O5S2. The summed E-state index contributed by atoms with van der Waals surface area (Å²) in [7, 11) is -3.87. The number of carbonyl (C=O) groups excluding carboxylic acids is 2. The van der Waals surface area contributed by atoms with Gasteiger partial charge in [0.2, 0.25) is 10.0 Å². The number of primary sulfonamides is 1. The van der Waals surface area contributed by atoms with Crippen LogP contribution in [0.3, 0.4) is 0 Å². The minimum Gasteiger partial charge on any atom is -0.455 e. The number of amides is 1. The van der Waals surface area contributed by atoms with Crippen LogP contribution in [0, 0.1) is 13.8 Å². The van der Waals surface area contributed by atoms with E-state index < -0.39 is 28.5 Å². The predicted octanol–water partition coefficient (Wildman–Crippen LogP) is 2.22. The van der Waals surface area contributed by atoms with Crippen LogP contribution in [-0.4, -0.2) is 32.7 Å². The number of thioether (sulfide) groups is 1. The summed E-state index contributed by atoms with van der Waals surface area (Å²) in [6, 6.07) is 11.4. The monoisotopic (exact) mass is 408 g/mol. The molecule has 0 radical (unpaired) electrons. The molecule has 1 amide bonds. The third kappa shape index (κ3) is 6.70. The molecule has 0 heterocycles. The number of aryl methyl sites for hydroxylation is 2. The molecule has 0 spiro atoms. The smallest absolute Gasteiger partial charge is 0.316 e. The van der Waals surface area contributed by atoms with Gasteiger partial charge >= 0.3 is 5.97 Å². The molecule has 0 aromatic heterocycles. The van der Waals surface area contributed by atoms with E-state index in [-0.39, 0.29) is 16.3 Å². The third-order valence-electron chi connectivity index (χ3n) is 3.50. The number of sulfonamides is 1. The van der Waals surface area contributed by atoms with Crippen LogP contribution in [-0.2, 0) is 24.3 Å². The fraction of sp³-hybridized carbons (Fsp3) is 0.222. The van der Waals surface area contributed by atoms with Gasteiger partial charge in [-0.1, -0.05) is 23.8 Å². The van der Waals surface area contributed by atoms with Crippen molar-refractivity contribution in [2.75, 3.05) is 17.7 Å². The predicted molar refractivity (Wildman–Crippen MR) is 104 cm³/mol. The van der Waals surface area contributed by atoms with E-state index in [9.17, 15) is 18.0 Å². The number of nitrogens with two attached hydrogens (primary N) is 1. The van der Waals surface area contributed by atoms with Crippen LogP contribution < -0.4 is 10.5 Å². The summed E-state index contributed by atoms with van der Waals surface area (Å²) in [4.78, 5) is 24.6. The number of carbonyl (C=O) groups is 2. The Hall–Kier alpha value is -2.36. The molecule has 2 aromatic rings. The summed E-state index contributed by atoms with van der Waals surface area (Å²) in [5.41, 5.74) is 2.40. The summed E-state index contributed by atoms with van der Waals surface area (Å²) < 4.78 is 27.6. The Balaban J connectivity index is 1.83. The zero-order valence-corrected chi connectivity index (χ0v) is 16.5. The largest absolute Gasteiger partial charge is 0.455 e. The van der Waals surface area contributed by atoms with E-state index in [0.717, 1.165) is 16.0 Å². The summed E-state index contributed by atoms with van der Waals surface area (Å²) in [5.74, 6) is -1.01. The Kier molecular flexibility index (Phi) is 7.00. The standard InChI is InChI=1S/C18H20N2O5S2/c1-12-6-7-13(2)16(8-12)26-11-18(22)25-10-17(21)20-14-4-3-5-15(9-14)27(19,23)24/h3-9H,10-11H2,1-2H3,(H,20,21)(H2,19,23,24). The van der Waals surface area contributed by atoms with Gasteiger partial charge in [-0.3, -0.25) is 9.59 Å². The van der Waals surface area contributed by atoms with E-state index in [1.807, 2.05) is 32.0 Å². The zero-order valence-electron chi connectivity index (χ0n) is 14.9. The molecule has 7 nitrogen and oxygen atoms in total. The lowest BCUT2D eigenvalue weighted by Gasteiger charge is -2.09. The van der Waals surface area contributed by atoms with Crippen molar-refractivity contribution in [2.24, 2.45) is 5.14 Å². The average molecular weight is 409 g/mol. The molecular weight excluding hydrogens is 388 g/mol. The van der Waals surface area contributed by atoms with Gasteiger partial charge in [-0.05, 0) is 43.7 Å². The molecule has 0 saturated carbocycles. The van der Waals surface area contributed by atoms with Crippen LogP contribution >= 0.6 is 11.8 Å². The van der Waals surface area contributed by atoms with Gasteiger partial charge < -0.3 is 10.1 Å². The first kappa shape index (κ1) is 20.9. The number of rotatable bonds is 7. The number of hydrogen-bond acceptors (Lipinski definition) is 6. The number of anilines is 1. The minimum atomic E-state index is -3.87. The van der Waals surface area contributed by atoms with E-state index in [1.54, 1.807) is 0 Å². The molecule has 9 heteroatoms. The molecule has 0 unspecified atom stereocenters. The van der Waals surface area contributed by atoms with Gasteiger partial charge in [0, 0.05) is 10.6 Å². The Morgan fingerprint density at radius 3 is 2.59 bits per heavy atom. The van der Waals surface area contributed by atoms with Crippen LogP contribution in [0.2, 0.25) is 0 Å². The quantitative estimate of drug-likeness (QED) is 0.536. The molecule has 0 atom stereocenters. The van der Waals surface area contributed by atoms with Gasteiger partial charge in [0.05, 0.1) is 10.6 Å². The fourth-order valence-corrected chi connectivity index (χ4v) is 3.62. The highest BCUT2D eigenvalue weighted by Gasteiger charge is 2.12. The van der Waals surface area contributed by atoms with E-state index in [4.69, 9.17) is 9.88 Å². The molecule has 0 aliphatic heterocycles. The number of hydrogen-bond donors (Lipinski definition) is 2. The van der Waals surface area contributed by atoms with Crippen molar-refractivity contribution < 1.29 is 22.7 Å². The number of ether oxygens (including phenoxy) is 1. The Labute approximate surface area is 162 Å². The molecule has 3 N–H and O–H groups in total. The van der Waals surface area contributed by atoms with Crippen molar-refractivity contribution in [1.82, 2.24) is 0 Å². The molecule has 0 bridgehead atoms. The summed E-state index contributed by atoms with van der Waals surface area (Å²) in [6.45, 7) is 3.46. The normalized spacial score (nSPS) is 11.1. The van der Waals surface area contributed by atoms with Crippen LogP contribution in [0.1, 0.15) is 11.1 Å². The van der Waals surface area contributed by atoms with Crippen LogP contribution in [0.25, 0.3) is 0 Å². The van der Waals surface area contributed by atoms with E-state index in [2.05, 4.69) is 5.32 Å². The molecule has 2 aromatic carbocycles.